The SMILES string of the molecule is OCC1CCCC=C1Cl. The van der Waals surface area contributed by atoms with Gasteiger partial charge in [-0.1, -0.05) is 17.7 Å². The van der Waals surface area contributed by atoms with Gasteiger partial charge in [0.25, 0.3) is 0 Å². The minimum atomic E-state index is 0.204. The van der Waals surface area contributed by atoms with Crippen LogP contribution in [-0.2, 0) is 0 Å². The highest BCUT2D eigenvalue weighted by atomic mass is 35.5. The van der Waals surface area contributed by atoms with Crippen LogP contribution in [0, 0.1) is 5.92 Å². The van der Waals surface area contributed by atoms with E-state index in [1.54, 1.807) is 0 Å². The van der Waals surface area contributed by atoms with E-state index in [0.29, 0.717) is 0 Å². The Morgan fingerprint density at radius 3 is 3.00 bits per heavy atom. The summed E-state index contributed by atoms with van der Waals surface area (Å²) in [5.74, 6) is 0.236. The predicted octanol–water partition coefficient (Wildman–Crippen LogP) is 1.90. The van der Waals surface area contributed by atoms with Gasteiger partial charge >= 0.3 is 0 Å². The highest BCUT2D eigenvalue weighted by Crippen LogP contribution is 2.26. The van der Waals surface area contributed by atoms with E-state index in [2.05, 4.69) is 0 Å². The molecule has 0 aliphatic heterocycles. The molecule has 1 N–H and O–H groups in total. The lowest BCUT2D eigenvalue weighted by atomic mass is 9.97. The second-order valence-corrected chi connectivity index (χ2v) is 2.84. The average Bonchev–Trinajstić information content (AvgIpc) is 1.89. The molecule has 0 spiro atoms. The Kier molecular flexibility index (Phi) is 2.55. The Bertz CT molecular complexity index is 120. The summed E-state index contributed by atoms with van der Waals surface area (Å²) in [6.45, 7) is 0.204. The summed E-state index contributed by atoms with van der Waals surface area (Å²) >= 11 is 5.78. The molecule has 0 aromatic carbocycles. The zero-order valence-electron chi connectivity index (χ0n) is 5.31. The fourth-order valence-electron chi connectivity index (χ4n) is 1.09. The maximum atomic E-state index is 8.74. The highest BCUT2D eigenvalue weighted by Gasteiger charge is 2.13. The molecular weight excluding hydrogens is 136 g/mol. The van der Waals surface area contributed by atoms with Gasteiger partial charge in [0.05, 0.1) is 6.61 Å². The molecule has 1 atom stereocenters. The Morgan fingerprint density at radius 2 is 2.56 bits per heavy atom. The third kappa shape index (κ3) is 1.70. The molecule has 0 radical (unpaired) electrons. The van der Waals surface area contributed by atoms with Gasteiger partial charge in [-0.15, -0.1) is 0 Å². The molecule has 1 aliphatic rings. The van der Waals surface area contributed by atoms with E-state index in [4.69, 9.17) is 16.7 Å². The average molecular weight is 147 g/mol. The van der Waals surface area contributed by atoms with Crippen LogP contribution >= 0.6 is 11.6 Å². The van der Waals surface area contributed by atoms with Gasteiger partial charge in [0, 0.05) is 11.0 Å². The number of allylic oxidation sites excluding steroid dienone is 1. The molecule has 9 heavy (non-hydrogen) atoms. The molecule has 1 unspecified atom stereocenters. The molecule has 0 saturated carbocycles. The Hall–Kier alpha value is -0.0100. The fraction of sp³-hybridized carbons (Fsp3) is 0.714. The van der Waals surface area contributed by atoms with E-state index in [9.17, 15) is 0 Å². The molecule has 0 amide bonds. The first-order chi connectivity index (χ1) is 4.34. The van der Waals surface area contributed by atoms with E-state index < -0.39 is 0 Å². The van der Waals surface area contributed by atoms with Crippen molar-refractivity contribution in [3.63, 3.8) is 0 Å². The molecular formula is C7H11ClO. The lowest BCUT2D eigenvalue weighted by Gasteiger charge is -2.16. The molecule has 0 aromatic rings. The van der Waals surface area contributed by atoms with Crippen LogP contribution in [0.5, 0.6) is 0 Å². The number of aliphatic hydroxyl groups excluding tert-OH is 1. The van der Waals surface area contributed by atoms with E-state index in [-0.39, 0.29) is 12.5 Å². The molecule has 2 heteroatoms. The van der Waals surface area contributed by atoms with Crippen LogP contribution in [0.1, 0.15) is 19.3 Å². The Balaban J connectivity index is 2.50. The van der Waals surface area contributed by atoms with Gasteiger partial charge in [-0.3, -0.25) is 0 Å². The van der Waals surface area contributed by atoms with E-state index in [1.807, 2.05) is 6.08 Å². The van der Waals surface area contributed by atoms with Gasteiger partial charge in [-0.05, 0) is 19.3 Å². The van der Waals surface area contributed by atoms with Crippen molar-refractivity contribution in [1.82, 2.24) is 0 Å². The summed E-state index contributed by atoms with van der Waals surface area (Å²) in [6, 6.07) is 0. The van der Waals surface area contributed by atoms with Gasteiger partial charge in [0.2, 0.25) is 0 Å². The van der Waals surface area contributed by atoms with Crippen LogP contribution in [0.2, 0.25) is 0 Å². The largest absolute Gasteiger partial charge is 0.396 e. The zero-order valence-corrected chi connectivity index (χ0v) is 6.06. The summed E-state index contributed by atoms with van der Waals surface area (Å²) in [5, 5.41) is 9.59. The van der Waals surface area contributed by atoms with Crippen molar-refractivity contribution in [3.8, 4) is 0 Å². The van der Waals surface area contributed by atoms with Crippen molar-refractivity contribution in [3.05, 3.63) is 11.1 Å². The molecule has 1 rings (SSSR count). The topological polar surface area (TPSA) is 20.2 Å². The molecule has 0 aromatic heterocycles. The second kappa shape index (κ2) is 3.23. The number of hydrogen-bond acceptors (Lipinski definition) is 1. The molecule has 0 fully saturated rings. The quantitative estimate of drug-likeness (QED) is 0.599. The van der Waals surface area contributed by atoms with Crippen LogP contribution in [0.4, 0.5) is 0 Å². The normalized spacial score (nSPS) is 27.8. The van der Waals surface area contributed by atoms with E-state index >= 15 is 0 Å². The summed E-state index contributed by atoms with van der Waals surface area (Å²) in [4.78, 5) is 0. The van der Waals surface area contributed by atoms with Crippen LogP contribution in [0.25, 0.3) is 0 Å². The van der Waals surface area contributed by atoms with Crippen molar-refractivity contribution in [2.45, 2.75) is 19.3 Å². The molecule has 1 aliphatic carbocycles. The third-order valence-corrected chi connectivity index (χ3v) is 2.17. The van der Waals surface area contributed by atoms with Crippen molar-refractivity contribution >= 4 is 11.6 Å². The van der Waals surface area contributed by atoms with Gasteiger partial charge < -0.3 is 5.11 Å². The third-order valence-electron chi connectivity index (χ3n) is 1.71. The molecule has 52 valence electrons. The van der Waals surface area contributed by atoms with E-state index in [0.717, 1.165) is 17.9 Å². The van der Waals surface area contributed by atoms with Crippen LogP contribution < -0.4 is 0 Å². The standard InChI is InChI=1S/C7H11ClO/c8-7-4-2-1-3-6(7)5-9/h4,6,9H,1-3,5H2. The Labute approximate surface area is 60.3 Å². The molecule has 0 bridgehead atoms. The van der Waals surface area contributed by atoms with Crippen molar-refractivity contribution in [2.75, 3.05) is 6.61 Å². The van der Waals surface area contributed by atoms with E-state index in [1.165, 1.54) is 6.42 Å². The van der Waals surface area contributed by atoms with Crippen molar-refractivity contribution in [2.24, 2.45) is 5.92 Å². The summed E-state index contributed by atoms with van der Waals surface area (Å²) in [6.07, 6.45) is 5.30. The Morgan fingerprint density at radius 1 is 1.78 bits per heavy atom. The minimum Gasteiger partial charge on any atom is -0.396 e. The van der Waals surface area contributed by atoms with Crippen LogP contribution in [0.3, 0.4) is 0 Å². The maximum Gasteiger partial charge on any atom is 0.0508 e. The molecule has 1 nitrogen and oxygen atoms in total. The number of halogens is 1. The monoisotopic (exact) mass is 146 g/mol. The van der Waals surface area contributed by atoms with Gasteiger partial charge in [-0.25, -0.2) is 0 Å². The van der Waals surface area contributed by atoms with Gasteiger partial charge in [-0.2, -0.15) is 0 Å². The van der Waals surface area contributed by atoms with Gasteiger partial charge in [0.1, 0.15) is 0 Å². The number of rotatable bonds is 1. The lowest BCUT2D eigenvalue weighted by Crippen LogP contribution is -2.09. The minimum absolute atomic E-state index is 0.204. The first kappa shape index (κ1) is 7.10. The summed E-state index contributed by atoms with van der Waals surface area (Å²) < 4.78 is 0. The molecule has 0 saturated heterocycles. The maximum absolute atomic E-state index is 8.74. The second-order valence-electron chi connectivity index (χ2n) is 2.40. The zero-order chi connectivity index (χ0) is 6.69. The number of hydrogen-bond donors (Lipinski definition) is 1. The fourth-order valence-corrected chi connectivity index (χ4v) is 1.37. The van der Waals surface area contributed by atoms with Crippen LogP contribution in [-0.4, -0.2) is 11.7 Å². The van der Waals surface area contributed by atoms with Crippen molar-refractivity contribution in [1.29, 1.82) is 0 Å². The number of aliphatic hydroxyl groups is 1. The molecule has 0 heterocycles. The predicted molar refractivity (Wildman–Crippen MR) is 38.4 cm³/mol. The summed E-state index contributed by atoms with van der Waals surface area (Å²) in [7, 11) is 0. The first-order valence-corrected chi connectivity index (χ1v) is 3.69. The highest BCUT2D eigenvalue weighted by molar-refractivity contribution is 6.29. The van der Waals surface area contributed by atoms with Crippen molar-refractivity contribution < 1.29 is 5.11 Å². The van der Waals surface area contributed by atoms with Gasteiger partial charge in [0.15, 0.2) is 0 Å². The summed E-state index contributed by atoms with van der Waals surface area (Å²) in [5.41, 5.74) is 0. The first-order valence-electron chi connectivity index (χ1n) is 3.31. The smallest absolute Gasteiger partial charge is 0.0508 e. The van der Waals surface area contributed by atoms with Crippen LogP contribution in [0.15, 0.2) is 11.1 Å². The lowest BCUT2D eigenvalue weighted by molar-refractivity contribution is 0.238.